The number of aromatic amines is 2. The van der Waals surface area contributed by atoms with Crippen molar-refractivity contribution in [3.8, 4) is 22.4 Å². The van der Waals surface area contributed by atoms with Crippen LogP contribution in [0, 0.1) is 5.92 Å². The molecule has 4 N–H and O–H groups in total. The van der Waals surface area contributed by atoms with Crippen LogP contribution in [0.25, 0.3) is 55.0 Å². The molecule has 3 aliphatic heterocycles. The van der Waals surface area contributed by atoms with Crippen LogP contribution in [0.1, 0.15) is 80.8 Å². The van der Waals surface area contributed by atoms with Crippen molar-refractivity contribution in [3.05, 3.63) is 120 Å². The summed E-state index contributed by atoms with van der Waals surface area (Å²) in [5, 5.41) is 33.2. The van der Waals surface area contributed by atoms with Gasteiger partial charge in [-0.3, -0.25) is 4.79 Å². The maximum Gasteiger partial charge on any atom is 0.407 e. The van der Waals surface area contributed by atoms with Crippen LogP contribution in [0.15, 0.2) is 103 Å². The number of carbonyl (C=O) groups is 3. The lowest BCUT2D eigenvalue weighted by Gasteiger charge is -2.45. The summed E-state index contributed by atoms with van der Waals surface area (Å²) in [6.07, 6.45) is 3.91. The second-order valence-corrected chi connectivity index (χ2v) is 17.6. The predicted octanol–water partition coefficient (Wildman–Crippen LogP) is 8.10. The molecule has 0 spiro atoms. The van der Waals surface area contributed by atoms with E-state index in [9.17, 15) is 24.7 Å². The van der Waals surface area contributed by atoms with Gasteiger partial charge >= 0.3 is 12.2 Å². The maximum atomic E-state index is 14.0. The molecule has 5 heterocycles. The van der Waals surface area contributed by atoms with Crippen LogP contribution in [0.3, 0.4) is 0 Å². The van der Waals surface area contributed by atoms with Crippen molar-refractivity contribution in [2.75, 3.05) is 33.4 Å². The van der Waals surface area contributed by atoms with E-state index in [0.29, 0.717) is 62.8 Å². The van der Waals surface area contributed by atoms with Crippen LogP contribution in [-0.4, -0.2) is 97.4 Å². The molecule has 3 fully saturated rings. The first-order chi connectivity index (χ1) is 31.6. The van der Waals surface area contributed by atoms with Crippen molar-refractivity contribution < 1.29 is 38.9 Å². The number of carbonyl (C=O) groups excluding carboxylic acids is 3. The fraction of sp³-hybridized carbons (Fsp3) is 0.340. The number of hydrogen-bond acceptors (Lipinski definition) is 10. The molecule has 3 aliphatic rings. The molecule has 10 rings (SSSR count). The molecule has 2 aromatic heterocycles. The number of alkyl carbamates (subject to hydrolysis) is 1. The molecule has 3 amide bonds. The number of likely N-dealkylation sites (tertiary alicyclic amines) is 1. The van der Waals surface area contributed by atoms with E-state index in [-0.39, 0.29) is 17.9 Å². The molecule has 334 valence electrons. The Morgan fingerprint density at radius 1 is 0.831 bits per heavy atom. The minimum Gasteiger partial charge on any atom is -0.494 e. The Labute approximate surface area is 375 Å². The topological polar surface area (TPSA) is 189 Å². The van der Waals surface area contributed by atoms with Crippen molar-refractivity contribution in [2.45, 2.75) is 69.6 Å². The van der Waals surface area contributed by atoms with Crippen LogP contribution in [-0.2, 0) is 14.3 Å². The van der Waals surface area contributed by atoms with E-state index in [1.54, 1.807) is 16.8 Å². The van der Waals surface area contributed by atoms with Crippen molar-refractivity contribution in [1.29, 1.82) is 0 Å². The van der Waals surface area contributed by atoms with Gasteiger partial charge in [0.15, 0.2) is 0 Å². The SMILES string of the molecule is COC(=O)NC(C(=O)N1CCCC1c1ncc(-c2ccc3cc(-c4ccc5c(ccc6nc(C7CCCN7[N+](O)(C(=O)[O-])C(C)C7CCOCC7)[nH]c65)c4)ccc3c2)[nH]1)c1ccccc1. The smallest absolute Gasteiger partial charge is 0.407 e. The van der Waals surface area contributed by atoms with E-state index < -0.39 is 35.1 Å². The minimum atomic E-state index is -1.53. The van der Waals surface area contributed by atoms with Crippen molar-refractivity contribution in [1.82, 2.24) is 35.2 Å². The Bertz CT molecular complexity index is 2910. The average Bonchev–Trinajstić information content (AvgIpc) is 4.19. The highest BCUT2D eigenvalue weighted by Crippen LogP contribution is 2.41. The van der Waals surface area contributed by atoms with Gasteiger partial charge in [0.05, 0.1) is 42.6 Å². The number of nitrogens with zero attached hydrogens (tertiary/aromatic N) is 5. The Kier molecular flexibility index (Phi) is 11.3. The molecule has 0 aliphatic carbocycles. The number of nitrogens with one attached hydrogen (secondary N) is 3. The summed E-state index contributed by atoms with van der Waals surface area (Å²) in [5.41, 5.74) is 6.27. The van der Waals surface area contributed by atoms with Crippen molar-refractivity contribution in [2.24, 2.45) is 5.92 Å². The molecule has 5 unspecified atom stereocenters. The molecule has 15 nitrogen and oxygen atoms in total. The number of benzene rings is 5. The highest BCUT2D eigenvalue weighted by molar-refractivity contribution is 6.05. The van der Waals surface area contributed by atoms with E-state index in [1.807, 2.05) is 42.6 Å². The molecular formula is C50H52N8O7. The molecule has 5 atom stereocenters. The summed E-state index contributed by atoms with van der Waals surface area (Å²) in [4.78, 5) is 57.5. The lowest BCUT2D eigenvalue weighted by molar-refractivity contribution is -1.16. The van der Waals surface area contributed by atoms with Gasteiger partial charge < -0.3 is 39.6 Å². The lowest BCUT2D eigenvalue weighted by Crippen LogP contribution is -2.70. The fourth-order valence-electron chi connectivity index (χ4n) is 10.4. The van der Waals surface area contributed by atoms with Gasteiger partial charge in [-0.05, 0) is 103 Å². The Hall–Kier alpha value is -6.65. The van der Waals surface area contributed by atoms with E-state index in [2.05, 4.69) is 75.9 Å². The number of ether oxygens (including phenoxy) is 2. The maximum absolute atomic E-state index is 14.0. The van der Waals surface area contributed by atoms with Gasteiger partial charge in [-0.1, -0.05) is 77.6 Å². The summed E-state index contributed by atoms with van der Waals surface area (Å²) in [6.45, 7) is 3.84. The lowest BCUT2D eigenvalue weighted by atomic mass is 9.92. The highest BCUT2D eigenvalue weighted by Gasteiger charge is 2.52. The monoisotopic (exact) mass is 876 g/mol. The summed E-state index contributed by atoms with van der Waals surface area (Å²) in [5.74, 6) is 1.09. The van der Waals surface area contributed by atoms with Gasteiger partial charge in [-0.2, -0.15) is 5.21 Å². The van der Waals surface area contributed by atoms with Crippen LogP contribution in [0.2, 0.25) is 0 Å². The van der Waals surface area contributed by atoms with Crippen molar-refractivity contribution in [3.63, 3.8) is 0 Å². The Balaban J connectivity index is 0.870. The van der Waals surface area contributed by atoms with Crippen LogP contribution >= 0.6 is 0 Å². The van der Waals surface area contributed by atoms with Crippen LogP contribution in [0.4, 0.5) is 9.59 Å². The van der Waals surface area contributed by atoms with E-state index in [4.69, 9.17) is 19.4 Å². The average molecular weight is 877 g/mol. The molecule has 7 aromatic rings. The normalized spacial score (nSPS) is 20.3. The zero-order valence-corrected chi connectivity index (χ0v) is 36.4. The van der Waals surface area contributed by atoms with Crippen LogP contribution < -0.4 is 10.4 Å². The molecule has 3 saturated heterocycles. The first-order valence-corrected chi connectivity index (χ1v) is 22.5. The second-order valence-electron chi connectivity index (χ2n) is 17.6. The molecule has 0 radical (unpaired) electrons. The molecule has 65 heavy (non-hydrogen) atoms. The molecule has 15 heteroatoms. The zero-order chi connectivity index (χ0) is 44.8. The minimum absolute atomic E-state index is 0.0207. The first kappa shape index (κ1) is 42.3. The van der Waals surface area contributed by atoms with Gasteiger partial charge in [-0.15, -0.1) is 5.01 Å². The summed E-state index contributed by atoms with van der Waals surface area (Å²) in [7, 11) is 1.28. The fourth-order valence-corrected chi connectivity index (χ4v) is 10.4. The largest absolute Gasteiger partial charge is 0.494 e. The number of hydrogen-bond donors (Lipinski definition) is 4. The van der Waals surface area contributed by atoms with Crippen LogP contribution in [0.5, 0.6) is 0 Å². The number of fused-ring (bicyclic) bond motifs is 4. The predicted molar refractivity (Wildman–Crippen MR) is 242 cm³/mol. The van der Waals surface area contributed by atoms with Gasteiger partial charge in [0, 0.05) is 36.6 Å². The van der Waals surface area contributed by atoms with Crippen molar-refractivity contribution >= 4 is 50.7 Å². The number of H-pyrrole nitrogens is 2. The second kappa shape index (κ2) is 17.4. The number of imidazole rings is 2. The number of quaternary nitrogens is 1. The number of carboxylic acid groups (broad SMARTS) is 1. The first-order valence-electron chi connectivity index (χ1n) is 22.5. The third-order valence-electron chi connectivity index (χ3n) is 14.0. The third kappa shape index (κ3) is 7.77. The Morgan fingerprint density at radius 3 is 2.26 bits per heavy atom. The summed E-state index contributed by atoms with van der Waals surface area (Å²) < 4.78 is 9.09. The van der Waals surface area contributed by atoms with Gasteiger partial charge in [-0.25, -0.2) is 14.8 Å². The Morgan fingerprint density at radius 2 is 1.51 bits per heavy atom. The molecule has 0 bridgehead atoms. The van der Waals surface area contributed by atoms with E-state index in [1.165, 1.54) is 7.11 Å². The standard InChI is InChI=1S/C50H52N8O7/c1-30(31-20-24-65-25-21-31)58(63,50(61)62)57-23-7-11-43(57)47-52-40-19-17-37-27-36(16-18-39(37)45(40)54-47)33-12-13-35-28-38(15-14-34(35)26-33)41-29-51-46(53-41)42-10-6-22-56(42)48(59)44(55-49(60)64-2)32-8-4-3-5-9-32/h3-5,8-9,12-19,26-31,42-44,63H,6-7,10-11,20-25H2,1-2H3,(H3-,51,52,53,54,55,60,61,62). The molecule has 0 saturated carbocycles. The third-order valence-corrected chi connectivity index (χ3v) is 14.0. The number of amides is 3. The van der Waals surface area contributed by atoms with E-state index >= 15 is 0 Å². The number of rotatable bonds is 10. The quantitative estimate of drug-likeness (QED) is 0.0594. The molecular weight excluding hydrogens is 825 g/mol. The number of hydroxylamine groups is 2. The van der Waals surface area contributed by atoms with E-state index in [0.717, 1.165) is 74.2 Å². The highest BCUT2D eigenvalue weighted by atomic mass is 16.7. The van der Waals surface area contributed by atoms with Gasteiger partial charge in [0.1, 0.15) is 29.8 Å². The number of methoxy groups -OCH3 is 1. The summed E-state index contributed by atoms with van der Waals surface area (Å²) in [6, 6.07) is 30.2. The van der Waals surface area contributed by atoms with Gasteiger partial charge in [0.2, 0.25) is 0 Å². The summed E-state index contributed by atoms with van der Waals surface area (Å²) >= 11 is 0. The number of aromatic nitrogens is 4. The molecule has 5 aromatic carbocycles. The van der Waals surface area contributed by atoms with Gasteiger partial charge in [0.25, 0.3) is 5.91 Å². The zero-order valence-electron chi connectivity index (χ0n) is 36.4.